The van der Waals surface area contributed by atoms with Gasteiger partial charge < -0.3 is 4.72 Å². The summed E-state index contributed by atoms with van der Waals surface area (Å²) in [6.07, 6.45) is 5.94. The maximum atomic E-state index is 13.5. The van der Waals surface area contributed by atoms with Crippen LogP contribution in [0.25, 0.3) is 0 Å². The van der Waals surface area contributed by atoms with Crippen LogP contribution in [0.5, 0.6) is 0 Å². The third kappa shape index (κ3) is 4.09. The van der Waals surface area contributed by atoms with Crippen molar-refractivity contribution in [2.24, 2.45) is 0 Å². The van der Waals surface area contributed by atoms with Crippen LogP contribution in [0.4, 0.5) is 16.2 Å². The number of carbonyl (C=O) groups excluding carboxylic acids is 3. The minimum absolute atomic E-state index is 0.0188. The standard InChI is InChI=1S/C25H26N4O3S/c1-17-15-21(12-9-19(17)16-26)28-23(31)25(13-4-14-25)29(24(28)32)20-10-7-18(8-11-20)5-3-6-22(30)27-33-2/h7-12,15H,3-6,13-14H2,1-2H3,(H,27,30). The molecular weight excluding hydrogens is 436 g/mol. The van der Waals surface area contributed by atoms with Crippen LogP contribution >= 0.6 is 11.9 Å². The molecule has 4 amide bonds. The molecule has 170 valence electrons. The highest BCUT2D eigenvalue weighted by molar-refractivity contribution is 7.97. The van der Waals surface area contributed by atoms with E-state index < -0.39 is 5.54 Å². The van der Waals surface area contributed by atoms with Gasteiger partial charge in [0.15, 0.2) is 0 Å². The number of amides is 4. The van der Waals surface area contributed by atoms with E-state index in [1.54, 1.807) is 30.0 Å². The number of nitriles is 1. The van der Waals surface area contributed by atoms with Gasteiger partial charge in [0.05, 0.1) is 17.3 Å². The summed E-state index contributed by atoms with van der Waals surface area (Å²) in [4.78, 5) is 41.5. The van der Waals surface area contributed by atoms with Gasteiger partial charge in [-0.05, 0) is 80.5 Å². The van der Waals surface area contributed by atoms with Gasteiger partial charge in [-0.15, -0.1) is 0 Å². The number of urea groups is 1. The molecule has 7 nitrogen and oxygen atoms in total. The summed E-state index contributed by atoms with van der Waals surface area (Å²) in [7, 11) is 0. The SMILES string of the molecule is CSNC(=O)CCCc1ccc(N2C(=O)N(c3ccc(C#N)c(C)c3)C(=O)C23CCC3)cc1. The number of rotatable bonds is 7. The zero-order valence-corrected chi connectivity index (χ0v) is 19.6. The number of hydrogen-bond acceptors (Lipinski definition) is 5. The van der Waals surface area contributed by atoms with E-state index in [2.05, 4.69) is 10.8 Å². The van der Waals surface area contributed by atoms with E-state index in [0.717, 1.165) is 30.4 Å². The third-order valence-electron chi connectivity index (χ3n) is 6.46. The van der Waals surface area contributed by atoms with Gasteiger partial charge in [0.2, 0.25) is 5.91 Å². The molecule has 0 aromatic heterocycles. The predicted molar refractivity (Wildman–Crippen MR) is 129 cm³/mol. The molecule has 1 aliphatic heterocycles. The maximum Gasteiger partial charge on any atom is 0.336 e. The fourth-order valence-electron chi connectivity index (χ4n) is 4.55. The first-order chi connectivity index (χ1) is 15.9. The van der Waals surface area contributed by atoms with Gasteiger partial charge in [-0.1, -0.05) is 24.1 Å². The Bertz CT molecular complexity index is 1140. The molecule has 1 aliphatic carbocycles. The van der Waals surface area contributed by atoms with Crippen molar-refractivity contribution in [2.75, 3.05) is 16.1 Å². The van der Waals surface area contributed by atoms with Gasteiger partial charge >= 0.3 is 6.03 Å². The summed E-state index contributed by atoms with van der Waals surface area (Å²) in [5.74, 6) is -0.183. The van der Waals surface area contributed by atoms with Gasteiger partial charge in [-0.3, -0.25) is 14.5 Å². The number of nitrogens with one attached hydrogen (secondary N) is 1. The van der Waals surface area contributed by atoms with Crippen LogP contribution < -0.4 is 14.5 Å². The first-order valence-electron chi connectivity index (χ1n) is 11.0. The van der Waals surface area contributed by atoms with Crippen LogP contribution in [0.2, 0.25) is 0 Å². The lowest BCUT2D eigenvalue weighted by atomic mass is 9.75. The average Bonchev–Trinajstić information content (AvgIpc) is 3.01. The molecule has 0 atom stereocenters. The number of anilines is 2. The molecule has 1 spiro atoms. The number of aryl methyl sites for hydroxylation is 2. The molecule has 2 aromatic rings. The second-order valence-corrected chi connectivity index (χ2v) is 9.12. The van der Waals surface area contributed by atoms with Gasteiger partial charge in [-0.25, -0.2) is 9.69 Å². The zero-order chi connectivity index (χ0) is 23.6. The molecule has 2 aromatic carbocycles. The van der Waals surface area contributed by atoms with Gasteiger partial charge in [0.1, 0.15) is 5.54 Å². The van der Waals surface area contributed by atoms with Crippen molar-refractivity contribution >= 4 is 41.2 Å². The summed E-state index contributed by atoms with van der Waals surface area (Å²) in [6, 6.07) is 14.5. The number of nitrogens with zero attached hydrogens (tertiary/aromatic N) is 3. The molecule has 1 heterocycles. The van der Waals surface area contributed by atoms with Crippen molar-refractivity contribution in [3.05, 3.63) is 59.2 Å². The average molecular weight is 463 g/mol. The normalized spacial score (nSPS) is 16.6. The molecule has 1 N–H and O–H groups in total. The fraction of sp³-hybridized carbons (Fsp3) is 0.360. The smallest absolute Gasteiger partial charge is 0.300 e. The Hall–Kier alpha value is -3.31. The maximum absolute atomic E-state index is 13.5. The monoisotopic (exact) mass is 462 g/mol. The second-order valence-electron chi connectivity index (χ2n) is 8.50. The molecular formula is C25H26N4O3S. The van der Waals surface area contributed by atoms with Crippen molar-refractivity contribution in [3.63, 3.8) is 0 Å². The highest BCUT2D eigenvalue weighted by Gasteiger charge is 2.61. The summed E-state index contributed by atoms with van der Waals surface area (Å²) in [5.41, 5.74) is 2.69. The Morgan fingerprint density at radius 2 is 1.85 bits per heavy atom. The molecule has 2 aliphatic rings. The van der Waals surface area contributed by atoms with Crippen LogP contribution in [0.15, 0.2) is 42.5 Å². The lowest BCUT2D eigenvalue weighted by Gasteiger charge is -2.42. The summed E-state index contributed by atoms with van der Waals surface area (Å²) in [6.45, 7) is 1.80. The molecule has 1 saturated carbocycles. The number of hydrogen-bond donors (Lipinski definition) is 1. The minimum atomic E-state index is -0.837. The minimum Gasteiger partial charge on any atom is -0.300 e. The van der Waals surface area contributed by atoms with Crippen molar-refractivity contribution in [1.82, 2.24) is 4.72 Å². The van der Waals surface area contributed by atoms with E-state index in [0.29, 0.717) is 36.2 Å². The molecule has 0 bridgehead atoms. The molecule has 4 rings (SSSR count). The van der Waals surface area contributed by atoms with E-state index in [1.165, 1.54) is 16.8 Å². The van der Waals surface area contributed by atoms with Crippen LogP contribution in [-0.4, -0.2) is 29.6 Å². The zero-order valence-electron chi connectivity index (χ0n) is 18.8. The Balaban J connectivity index is 1.55. The number of benzene rings is 2. The lowest BCUT2D eigenvalue weighted by Crippen LogP contribution is -2.55. The van der Waals surface area contributed by atoms with E-state index >= 15 is 0 Å². The topological polar surface area (TPSA) is 93.5 Å². The summed E-state index contributed by atoms with van der Waals surface area (Å²) < 4.78 is 2.72. The molecule has 2 fully saturated rings. The van der Waals surface area contributed by atoms with E-state index in [9.17, 15) is 19.6 Å². The molecule has 33 heavy (non-hydrogen) atoms. The van der Waals surface area contributed by atoms with Crippen LogP contribution in [0.1, 0.15) is 48.8 Å². The van der Waals surface area contributed by atoms with Crippen LogP contribution in [-0.2, 0) is 16.0 Å². The van der Waals surface area contributed by atoms with E-state index in [-0.39, 0.29) is 17.8 Å². The highest BCUT2D eigenvalue weighted by Crippen LogP contribution is 2.47. The highest BCUT2D eigenvalue weighted by atomic mass is 32.2. The summed E-state index contributed by atoms with van der Waals surface area (Å²) >= 11 is 1.30. The van der Waals surface area contributed by atoms with Gasteiger partial charge in [0, 0.05) is 18.4 Å². The van der Waals surface area contributed by atoms with Gasteiger partial charge in [-0.2, -0.15) is 5.26 Å². The summed E-state index contributed by atoms with van der Waals surface area (Å²) in [5, 5.41) is 9.20. The second kappa shape index (κ2) is 9.28. The molecule has 1 saturated heterocycles. The fourth-order valence-corrected chi connectivity index (χ4v) is 4.88. The molecule has 0 radical (unpaired) electrons. The Morgan fingerprint density at radius 1 is 1.15 bits per heavy atom. The van der Waals surface area contributed by atoms with Crippen molar-refractivity contribution < 1.29 is 14.4 Å². The Labute approximate surface area is 197 Å². The Morgan fingerprint density at radius 3 is 2.42 bits per heavy atom. The predicted octanol–water partition coefficient (Wildman–Crippen LogP) is 4.48. The largest absolute Gasteiger partial charge is 0.336 e. The quantitative estimate of drug-likeness (QED) is 0.484. The lowest BCUT2D eigenvalue weighted by molar-refractivity contribution is -0.124. The van der Waals surface area contributed by atoms with Crippen molar-refractivity contribution in [2.45, 2.75) is 51.0 Å². The third-order valence-corrected chi connectivity index (χ3v) is 6.89. The first kappa shape index (κ1) is 22.9. The van der Waals surface area contributed by atoms with E-state index in [4.69, 9.17) is 0 Å². The molecule has 8 heteroatoms. The van der Waals surface area contributed by atoms with Crippen molar-refractivity contribution in [3.8, 4) is 6.07 Å². The first-order valence-corrected chi connectivity index (χ1v) is 12.2. The number of imide groups is 1. The van der Waals surface area contributed by atoms with Crippen molar-refractivity contribution in [1.29, 1.82) is 5.26 Å². The number of carbonyl (C=O) groups is 3. The van der Waals surface area contributed by atoms with E-state index in [1.807, 2.05) is 30.5 Å². The van der Waals surface area contributed by atoms with Crippen LogP contribution in [0, 0.1) is 18.3 Å². The van der Waals surface area contributed by atoms with Crippen LogP contribution in [0.3, 0.4) is 0 Å². The van der Waals surface area contributed by atoms with Gasteiger partial charge in [0.25, 0.3) is 5.91 Å². The molecule has 0 unspecified atom stereocenters. The Kier molecular flexibility index (Phi) is 6.43.